The van der Waals surface area contributed by atoms with Gasteiger partial charge in [-0.1, -0.05) is 5.21 Å². The zero-order valence-corrected chi connectivity index (χ0v) is 6.63. The first-order chi connectivity index (χ1) is 5.33. The molecule has 0 atom stereocenters. The van der Waals surface area contributed by atoms with Gasteiger partial charge in [0.25, 0.3) is 0 Å². The van der Waals surface area contributed by atoms with Gasteiger partial charge in [0.2, 0.25) is 0 Å². The van der Waals surface area contributed by atoms with Gasteiger partial charge in [-0.3, -0.25) is 9.07 Å². The quantitative estimate of drug-likeness (QED) is 0.617. The van der Waals surface area contributed by atoms with Gasteiger partial charge < -0.3 is 0 Å². The minimum atomic E-state index is -0.242. The molecule has 1 aromatic rings. The van der Waals surface area contributed by atoms with Crippen molar-refractivity contribution in [1.29, 1.82) is 0 Å². The second-order valence-corrected chi connectivity index (χ2v) is 2.52. The van der Waals surface area contributed by atoms with Crippen LogP contribution in [0.15, 0.2) is 6.20 Å². The van der Waals surface area contributed by atoms with E-state index in [0.29, 0.717) is 6.42 Å². The lowest BCUT2D eigenvalue weighted by molar-refractivity contribution is 0.437. The summed E-state index contributed by atoms with van der Waals surface area (Å²) in [5.41, 5.74) is 0.908. The maximum Gasteiger partial charge on any atom is 0.0895 e. The van der Waals surface area contributed by atoms with Crippen molar-refractivity contribution in [1.82, 2.24) is 15.0 Å². The Bertz CT molecular complexity index is 209. The first kappa shape index (κ1) is 8.17. The van der Waals surface area contributed by atoms with Crippen molar-refractivity contribution in [3.8, 4) is 0 Å². The molecule has 0 aliphatic rings. The summed E-state index contributed by atoms with van der Waals surface area (Å²) in [5, 5.41) is 7.65. The number of hydrogen-bond acceptors (Lipinski definition) is 2. The van der Waals surface area contributed by atoms with Crippen LogP contribution in [0.5, 0.6) is 0 Å². The van der Waals surface area contributed by atoms with Crippen molar-refractivity contribution < 1.29 is 4.39 Å². The van der Waals surface area contributed by atoms with E-state index < -0.39 is 0 Å². The van der Waals surface area contributed by atoms with Crippen molar-refractivity contribution in [2.45, 2.75) is 26.3 Å². The van der Waals surface area contributed by atoms with E-state index in [2.05, 4.69) is 10.3 Å². The zero-order chi connectivity index (χ0) is 8.10. The minimum absolute atomic E-state index is 0.242. The molecule has 0 unspecified atom stereocenters. The molecule has 0 spiro atoms. The second kappa shape index (κ2) is 4.05. The summed E-state index contributed by atoms with van der Waals surface area (Å²) >= 11 is 0. The molecule has 0 aliphatic carbocycles. The topological polar surface area (TPSA) is 30.7 Å². The third-order valence-corrected chi connectivity index (χ3v) is 1.42. The van der Waals surface area contributed by atoms with E-state index in [0.717, 1.165) is 18.7 Å². The van der Waals surface area contributed by atoms with Gasteiger partial charge in [0.1, 0.15) is 0 Å². The van der Waals surface area contributed by atoms with Crippen molar-refractivity contribution in [2.75, 3.05) is 6.67 Å². The summed E-state index contributed by atoms with van der Waals surface area (Å²) in [5.74, 6) is 0. The van der Waals surface area contributed by atoms with Crippen LogP contribution < -0.4 is 0 Å². The summed E-state index contributed by atoms with van der Waals surface area (Å²) in [7, 11) is 0. The summed E-state index contributed by atoms with van der Waals surface area (Å²) in [6.07, 6.45) is 3.30. The smallest absolute Gasteiger partial charge is 0.0895 e. The van der Waals surface area contributed by atoms with E-state index in [1.54, 1.807) is 4.68 Å². The number of aromatic nitrogens is 3. The normalized spacial score (nSPS) is 10.4. The Kier molecular flexibility index (Phi) is 3.01. The highest BCUT2D eigenvalue weighted by Crippen LogP contribution is 1.95. The van der Waals surface area contributed by atoms with Crippen LogP contribution in [0.4, 0.5) is 4.39 Å². The number of aryl methyl sites for hydroxylation is 2. The summed E-state index contributed by atoms with van der Waals surface area (Å²) in [6, 6.07) is 0. The van der Waals surface area contributed by atoms with Crippen LogP contribution in [-0.4, -0.2) is 21.7 Å². The number of alkyl halides is 1. The molecule has 1 heterocycles. The van der Waals surface area contributed by atoms with Gasteiger partial charge >= 0.3 is 0 Å². The monoisotopic (exact) mass is 157 g/mol. The van der Waals surface area contributed by atoms with E-state index in [4.69, 9.17) is 0 Å². The number of unbranched alkanes of at least 4 members (excludes halogenated alkanes) is 1. The molecular weight excluding hydrogens is 145 g/mol. The molecule has 0 aliphatic heterocycles. The highest BCUT2D eigenvalue weighted by molar-refractivity contribution is 4.86. The molecule has 0 aromatic carbocycles. The van der Waals surface area contributed by atoms with Gasteiger partial charge in [0.05, 0.1) is 12.4 Å². The Morgan fingerprint density at radius 2 is 2.36 bits per heavy atom. The van der Waals surface area contributed by atoms with Crippen molar-refractivity contribution in [2.24, 2.45) is 0 Å². The lowest BCUT2D eigenvalue weighted by Gasteiger charge is -1.95. The largest absolute Gasteiger partial charge is 0.252 e. The maximum absolute atomic E-state index is 11.7. The average Bonchev–Trinajstić information content (AvgIpc) is 2.37. The van der Waals surface area contributed by atoms with Gasteiger partial charge in [0, 0.05) is 12.7 Å². The van der Waals surface area contributed by atoms with Gasteiger partial charge in [-0.25, -0.2) is 0 Å². The standard InChI is InChI=1S/C7H12FN3/c1-7-6-11(10-9-7)5-3-2-4-8/h6H,2-5H2,1H3. The Morgan fingerprint density at radius 1 is 1.55 bits per heavy atom. The molecule has 0 saturated carbocycles. The van der Waals surface area contributed by atoms with Crippen LogP contribution >= 0.6 is 0 Å². The second-order valence-electron chi connectivity index (χ2n) is 2.52. The third kappa shape index (κ3) is 2.65. The summed E-state index contributed by atoms with van der Waals surface area (Å²) < 4.78 is 13.4. The van der Waals surface area contributed by atoms with Crippen LogP contribution in [0.1, 0.15) is 18.5 Å². The Hall–Kier alpha value is -0.930. The lowest BCUT2D eigenvalue weighted by Crippen LogP contribution is -1.98. The molecule has 0 saturated heterocycles. The van der Waals surface area contributed by atoms with Crippen LogP contribution in [0, 0.1) is 6.92 Å². The van der Waals surface area contributed by atoms with Crippen molar-refractivity contribution in [3.63, 3.8) is 0 Å². The highest BCUT2D eigenvalue weighted by Gasteiger charge is 1.94. The first-order valence-electron chi connectivity index (χ1n) is 3.75. The van der Waals surface area contributed by atoms with Gasteiger partial charge in [-0.15, -0.1) is 5.10 Å². The van der Waals surface area contributed by atoms with Crippen molar-refractivity contribution >= 4 is 0 Å². The molecule has 0 fully saturated rings. The van der Waals surface area contributed by atoms with E-state index >= 15 is 0 Å². The Balaban J connectivity index is 2.27. The number of rotatable bonds is 4. The van der Waals surface area contributed by atoms with Crippen molar-refractivity contribution in [3.05, 3.63) is 11.9 Å². The molecular formula is C7H12FN3. The number of halogens is 1. The molecule has 0 amide bonds. The van der Waals surface area contributed by atoms with Gasteiger partial charge in [-0.05, 0) is 19.8 Å². The van der Waals surface area contributed by atoms with Gasteiger partial charge in [-0.2, -0.15) is 0 Å². The fraction of sp³-hybridized carbons (Fsp3) is 0.714. The number of hydrogen-bond donors (Lipinski definition) is 0. The molecule has 1 aromatic heterocycles. The molecule has 0 radical (unpaired) electrons. The van der Waals surface area contributed by atoms with E-state index in [1.165, 1.54) is 0 Å². The van der Waals surface area contributed by atoms with Crippen LogP contribution in [-0.2, 0) is 6.54 Å². The first-order valence-corrected chi connectivity index (χ1v) is 3.75. The molecule has 0 bridgehead atoms. The summed E-state index contributed by atoms with van der Waals surface area (Å²) in [4.78, 5) is 0. The van der Waals surface area contributed by atoms with Gasteiger partial charge in [0.15, 0.2) is 0 Å². The van der Waals surface area contributed by atoms with Crippen LogP contribution in [0.3, 0.4) is 0 Å². The Labute approximate surface area is 65.2 Å². The zero-order valence-electron chi connectivity index (χ0n) is 6.63. The molecule has 3 nitrogen and oxygen atoms in total. The number of nitrogens with zero attached hydrogens (tertiary/aromatic N) is 3. The molecule has 4 heteroatoms. The fourth-order valence-corrected chi connectivity index (χ4v) is 0.873. The van der Waals surface area contributed by atoms with Crippen LogP contribution in [0.2, 0.25) is 0 Å². The summed E-state index contributed by atoms with van der Waals surface area (Å²) in [6.45, 7) is 2.41. The lowest BCUT2D eigenvalue weighted by atomic mass is 10.3. The molecule has 0 N–H and O–H groups in total. The molecule has 62 valence electrons. The average molecular weight is 157 g/mol. The minimum Gasteiger partial charge on any atom is -0.252 e. The van der Waals surface area contributed by atoms with E-state index in [9.17, 15) is 4.39 Å². The van der Waals surface area contributed by atoms with E-state index in [1.807, 2.05) is 13.1 Å². The highest BCUT2D eigenvalue weighted by atomic mass is 19.1. The maximum atomic E-state index is 11.7. The Morgan fingerprint density at radius 3 is 2.91 bits per heavy atom. The van der Waals surface area contributed by atoms with E-state index in [-0.39, 0.29) is 6.67 Å². The SMILES string of the molecule is Cc1cn(CCCCF)nn1. The molecule has 11 heavy (non-hydrogen) atoms. The van der Waals surface area contributed by atoms with Crippen LogP contribution in [0.25, 0.3) is 0 Å². The molecule has 1 rings (SSSR count). The predicted molar refractivity (Wildman–Crippen MR) is 40.0 cm³/mol. The third-order valence-electron chi connectivity index (χ3n) is 1.42. The fourth-order valence-electron chi connectivity index (χ4n) is 0.873. The predicted octanol–water partition coefficient (Wildman–Crippen LogP) is 1.34.